The Labute approximate surface area is 141 Å². The quantitative estimate of drug-likeness (QED) is 0.774. The number of amides is 2. The third-order valence-corrected chi connectivity index (χ3v) is 4.00. The highest BCUT2D eigenvalue weighted by Crippen LogP contribution is 2.20. The normalized spacial score (nSPS) is 10.7. The van der Waals surface area contributed by atoms with E-state index in [1.165, 1.54) is 0 Å². The topological polar surface area (TPSA) is 62.2 Å². The molecule has 1 aromatic heterocycles. The molecule has 1 heterocycles. The monoisotopic (exact) mass is 323 g/mol. The lowest BCUT2D eigenvalue weighted by Crippen LogP contribution is -2.19. The summed E-state index contributed by atoms with van der Waals surface area (Å²) in [4.78, 5) is 18.6. The van der Waals surface area contributed by atoms with Crippen LogP contribution in [0.15, 0.2) is 42.5 Å². The first-order valence-electron chi connectivity index (χ1n) is 7.72. The minimum absolute atomic E-state index is 0.278. The molecule has 0 fully saturated rings. The number of hydrogen-bond donors (Lipinski definition) is 2. The summed E-state index contributed by atoms with van der Waals surface area (Å²) in [6.07, 6.45) is 0. The second kappa shape index (κ2) is 6.23. The lowest BCUT2D eigenvalue weighted by atomic mass is 10.2. The van der Waals surface area contributed by atoms with E-state index >= 15 is 0 Å². The summed E-state index contributed by atoms with van der Waals surface area (Å²) in [5, 5.41) is 5.67. The van der Waals surface area contributed by atoms with Gasteiger partial charge < -0.3 is 20.1 Å². The predicted octanol–water partition coefficient (Wildman–Crippen LogP) is 3.59. The molecule has 0 saturated heterocycles. The number of nitrogens with one attached hydrogen (secondary N) is 2. The van der Waals surface area contributed by atoms with Gasteiger partial charge in [0.05, 0.1) is 11.0 Å². The van der Waals surface area contributed by atoms with Crippen LogP contribution in [0.25, 0.3) is 11.0 Å². The first-order chi connectivity index (χ1) is 11.4. The molecule has 124 valence electrons. The van der Waals surface area contributed by atoms with E-state index in [0.717, 1.165) is 28.2 Å². The Hall–Kier alpha value is -3.02. The Balaban J connectivity index is 1.70. The fraction of sp³-hybridized carbons (Fsp3) is 0.222. The summed E-state index contributed by atoms with van der Waals surface area (Å²) in [5.74, 6) is 0.938. The molecule has 24 heavy (non-hydrogen) atoms. The molecule has 0 aliphatic rings. The number of hydrogen-bond acceptors (Lipinski definition) is 3. The largest absolute Gasteiger partial charge is 0.378 e. The average Bonchev–Trinajstić information content (AvgIpc) is 2.82. The van der Waals surface area contributed by atoms with Crippen molar-refractivity contribution >= 4 is 34.1 Å². The highest BCUT2D eigenvalue weighted by molar-refractivity contribution is 6.00. The number of aryl methyl sites for hydroxylation is 2. The van der Waals surface area contributed by atoms with Crippen molar-refractivity contribution in [3.63, 3.8) is 0 Å². The summed E-state index contributed by atoms with van der Waals surface area (Å²) in [6, 6.07) is 13.1. The van der Waals surface area contributed by atoms with Crippen LogP contribution < -0.4 is 15.5 Å². The van der Waals surface area contributed by atoms with Crippen LogP contribution in [0, 0.1) is 6.92 Å². The molecule has 0 spiro atoms. The highest BCUT2D eigenvalue weighted by Gasteiger charge is 2.07. The van der Waals surface area contributed by atoms with Gasteiger partial charge in [0.1, 0.15) is 5.82 Å². The molecule has 0 aliphatic heterocycles. The number of rotatable bonds is 3. The van der Waals surface area contributed by atoms with Crippen molar-refractivity contribution in [1.82, 2.24) is 9.55 Å². The van der Waals surface area contributed by atoms with Gasteiger partial charge in [0.25, 0.3) is 0 Å². The van der Waals surface area contributed by atoms with E-state index < -0.39 is 0 Å². The molecule has 2 aromatic carbocycles. The Morgan fingerprint density at radius 3 is 2.33 bits per heavy atom. The van der Waals surface area contributed by atoms with Crippen molar-refractivity contribution < 1.29 is 4.79 Å². The summed E-state index contributed by atoms with van der Waals surface area (Å²) < 4.78 is 2.02. The smallest absolute Gasteiger partial charge is 0.323 e. The zero-order valence-electron chi connectivity index (χ0n) is 14.3. The Bertz CT molecular complexity index is 880. The van der Waals surface area contributed by atoms with Gasteiger partial charge >= 0.3 is 6.03 Å². The number of imidazole rings is 1. The van der Waals surface area contributed by atoms with E-state index in [9.17, 15) is 4.79 Å². The molecule has 6 heteroatoms. The third kappa shape index (κ3) is 3.17. The number of urea groups is 1. The summed E-state index contributed by atoms with van der Waals surface area (Å²) >= 11 is 0. The van der Waals surface area contributed by atoms with E-state index in [0.29, 0.717) is 5.69 Å². The molecule has 3 aromatic rings. The summed E-state index contributed by atoms with van der Waals surface area (Å²) in [5.41, 5.74) is 4.44. The first kappa shape index (κ1) is 15.9. The molecule has 3 rings (SSSR count). The second-order valence-electron chi connectivity index (χ2n) is 5.94. The van der Waals surface area contributed by atoms with Crippen LogP contribution in [0.1, 0.15) is 5.82 Å². The maximum absolute atomic E-state index is 12.2. The molecule has 0 atom stereocenters. The molecular formula is C18H21N5O. The van der Waals surface area contributed by atoms with Crippen LogP contribution in [0.2, 0.25) is 0 Å². The highest BCUT2D eigenvalue weighted by atomic mass is 16.2. The standard InChI is InChI=1S/C18H21N5O/c1-12-19-16-11-14(7-10-17(16)23(12)4)21-18(24)20-13-5-8-15(9-6-13)22(2)3/h5-11H,1-4H3,(H2,20,21,24). The van der Waals surface area contributed by atoms with Gasteiger partial charge in [0.2, 0.25) is 0 Å². The van der Waals surface area contributed by atoms with Gasteiger partial charge in [-0.15, -0.1) is 0 Å². The van der Waals surface area contributed by atoms with E-state index in [2.05, 4.69) is 15.6 Å². The average molecular weight is 323 g/mol. The van der Waals surface area contributed by atoms with Crippen molar-refractivity contribution in [2.75, 3.05) is 29.6 Å². The fourth-order valence-electron chi connectivity index (χ4n) is 2.53. The number of anilines is 3. The molecule has 0 unspecified atom stereocenters. The van der Waals surface area contributed by atoms with E-state index in [-0.39, 0.29) is 6.03 Å². The first-order valence-corrected chi connectivity index (χ1v) is 7.72. The molecule has 2 amide bonds. The van der Waals surface area contributed by atoms with Gasteiger partial charge in [-0.25, -0.2) is 9.78 Å². The van der Waals surface area contributed by atoms with Crippen LogP contribution in [0.4, 0.5) is 21.9 Å². The van der Waals surface area contributed by atoms with Crippen molar-refractivity contribution in [3.05, 3.63) is 48.3 Å². The van der Waals surface area contributed by atoms with Gasteiger partial charge in [-0.05, 0) is 49.4 Å². The lowest BCUT2D eigenvalue weighted by Gasteiger charge is -2.13. The number of carbonyl (C=O) groups excluding carboxylic acids is 1. The third-order valence-electron chi connectivity index (χ3n) is 4.00. The van der Waals surface area contributed by atoms with Crippen LogP contribution in [-0.2, 0) is 7.05 Å². The van der Waals surface area contributed by atoms with Crippen LogP contribution in [0.3, 0.4) is 0 Å². The molecule has 0 saturated carbocycles. The van der Waals surface area contributed by atoms with E-state index in [1.54, 1.807) is 0 Å². The van der Waals surface area contributed by atoms with Crippen LogP contribution >= 0.6 is 0 Å². The summed E-state index contributed by atoms with van der Waals surface area (Å²) in [6.45, 7) is 1.96. The maximum atomic E-state index is 12.2. The van der Waals surface area contributed by atoms with E-state index in [4.69, 9.17) is 0 Å². The van der Waals surface area contributed by atoms with Gasteiger partial charge in [0, 0.05) is 38.2 Å². The van der Waals surface area contributed by atoms with Crippen LogP contribution in [-0.4, -0.2) is 29.7 Å². The number of aromatic nitrogens is 2. The number of fused-ring (bicyclic) bond motifs is 1. The van der Waals surface area contributed by atoms with Crippen molar-refractivity contribution in [1.29, 1.82) is 0 Å². The van der Waals surface area contributed by atoms with E-state index in [1.807, 2.05) is 80.0 Å². The second-order valence-corrected chi connectivity index (χ2v) is 5.94. The molecule has 2 N–H and O–H groups in total. The lowest BCUT2D eigenvalue weighted by molar-refractivity contribution is 0.262. The van der Waals surface area contributed by atoms with Gasteiger partial charge in [-0.2, -0.15) is 0 Å². The predicted molar refractivity (Wildman–Crippen MR) is 98.9 cm³/mol. The zero-order valence-corrected chi connectivity index (χ0v) is 14.3. The fourth-order valence-corrected chi connectivity index (χ4v) is 2.53. The Kier molecular flexibility index (Phi) is 4.12. The van der Waals surface area contributed by atoms with Crippen molar-refractivity contribution in [2.24, 2.45) is 7.05 Å². The molecule has 0 radical (unpaired) electrons. The SMILES string of the molecule is Cc1nc2cc(NC(=O)Nc3ccc(N(C)C)cc3)ccc2n1C. The number of nitrogens with zero attached hydrogens (tertiary/aromatic N) is 3. The Morgan fingerprint density at radius 2 is 1.67 bits per heavy atom. The van der Waals surface area contributed by atoms with Gasteiger partial charge in [-0.1, -0.05) is 0 Å². The summed E-state index contributed by atoms with van der Waals surface area (Å²) in [7, 11) is 5.93. The van der Waals surface area contributed by atoms with Crippen molar-refractivity contribution in [2.45, 2.75) is 6.92 Å². The molecular weight excluding hydrogens is 302 g/mol. The number of benzene rings is 2. The minimum atomic E-state index is -0.278. The minimum Gasteiger partial charge on any atom is -0.378 e. The number of carbonyl (C=O) groups is 1. The van der Waals surface area contributed by atoms with Crippen molar-refractivity contribution in [3.8, 4) is 0 Å². The molecule has 0 bridgehead atoms. The zero-order chi connectivity index (χ0) is 17.3. The Morgan fingerprint density at radius 1 is 1.04 bits per heavy atom. The van der Waals surface area contributed by atoms with Crippen LogP contribution in [0.5, 0.6) is 0 Å². The maximum Gasteiger partial charge on any atom is 0.323 e. The van der Waals surface area contributed by atoms with Gasteiger partial charge in [0.15, 0.2) is 0 Å². The van der Waals surface area contributed by atoms with Gasteiger partial charge in [-0.3, -0.25) is 0 Å². The molecule has 0 aliphatic carbocycles. The molecule has 6 nitrogen and oxygen atoms in total.